The van der Waals surface area contributed by atoms with E-state index < -0.39 is 5.54 Å². The Hall–Kier alpha value is 0.0500. The molecule has 0 spiro atoms. The van der Waals surface area contributed by atoms with Crippen molar-refractivity contribution in [2.45, 2.75) is 70.8 Å². The molecule has 1 N–H and O–H groups in total. The second kappa shape index (κ2) is 9.15. The number of hydrogen-bond donors (Lipinski definition) is 1. The minimum absolute atomic E-state index is 0.155. The SMILES string of the molecule is CCCCC1CCC(C(=O)NC(CC)(CCl)CCl)CC1. The lowest BCUT2D eigenvalue weighted by molar-refractivity contribution is -0.127. The molecule has 20 heavy (non-hydrogen) atoms. The van der Waals surface area contributed by atoms with E-state index in [1.165, 1.54) is 32.1 Å². The van der Waals surface area contributed by atoms with Crippen LogP contribution in [-0.2, 0) is 4.79 Å². The van der Waals surface area contributed by atoms with Gasteiger partial charge < -0.3 is 5.32 Å². The minimum atomic E-state index is -0.431. The second-order valence-corrected chi connectivity index (χ2v) is 6.78. The topological polar surface area (TPSA) is 29.1 Å². The normalized spacial score (nSPS) is 23.6. The lowest BCUT2D eigenvalue weighted by Crippen LogP contribution is -2.53. The largest absolute Gasteiger partial charge is 0.348 e. The Balaban J connectivity index is 2.42. The third-order valence-corrected chi connectivity index (χ3v) is 5.78. The van der Waals surface area contributed by atoms with Crippen LogP contribution < -0.4 is 5.32 Å². The van der Waals surface area contributed by atoms with Crippen LogP contribution in [0.1, 0.15) is 65.2 Å². The van der Waals surface area contributed by atoms with Crippen LogP contribution in [0.5, 0.6) is 0 Å². The molecule has 118 valence electrons. The number of halogens is 2. The smallest absolute Gasteiger partial charge is 0.223 e. The molecular formula is C16H29Cl2NO. The zero-order valence-electron chi connectivity index (χ0n) is 12.9. The Morgan fingerprint density at radius 1 is 1.15 bits per heavy atom. The van der Waals surface area contributed by atoms with Gasteiger partial charge in [-0.1, -0.05) is 33.1 Å². The summed E-state index contributed by atoms with van der Waals surface area (Å²) in [4.78, 5) is 12.4. The van der Waals surface area contributed by atoms with E-state index in [2.05, 4.69) is 12.2 Å². The molecule has 1 rings (SSSR count). The van der Waals surface area contributed by atoms with Gasteiger partial charge in [0.1, 0.15) is 0 Å². The van der Waals surface area contributed by atoms with E-state index in [-0.39, 0.29) is 11.8 Å². The van der Waals surface area contributed by atoms with Gasteiger partial charge in [-0.3, -0.25) is 4.79 Å². The summed E-state index contributed by atoms with van der Waals surface area (Å²) in [6.45, 7) is 4.26. The zero-order valence-corrected chi connectivity index (χ0v) is 14.4. The van der Waals surface area contributed by atoms with E-state index in [1.54, 1.807) is 0 Å². The molecule has 0 unspecified atom stereocenters. The molecule has 1 fully saturated rings. The molecule has 0 aromatic heterocycles. The molecule has 0 aromatic carbocycles. The van der Waals surface area contributed by atoms with Gasteiger partial charge in [-0.15, -0.1) is 23.2 Å². The minimum Gasteiger partial charge on any atom is -0.348 e. The maximum absolute atomic E-state index is 12.4. The van der Waals surface area contributed by atoms with Crippen molar-refractivity contribution in [3.63, 3.8) is 0 Å². The average Bonchev–Trinajstić information content (AvgIpc) is 2.51. The van der Waals surface area contributed by atoms with E-state index >= 15 is 0 Å². The maximum Gasteiger partial charge on any atom is 0.223 e. The van der Waals surface area contributed by atoms with Crippen LogP contribution in [0.3, 0.4) is 0 Å². The summed E-state index contributed by atoms with van der Waals surface area (Å²) < 4.78 is 0. The molecule has 1 saturated carbocycles. The standard InChI is InChI=1S/C16H29Cl2NO/c1-3-5-6-13-7-9-14(10-8-13)15(20)19-16(4-2,11-17)12-18/h13-14H,3-12H2,1-2H3,(H,19,20). The molecule has 0 aliphatic heterocycles. The molecule has 0 saturated heterocycles. The number of unbranched alkanes of at least 4 members (excludes halogenated alkanes) is 1. The van der Waals surface area contributed by atoms with Crippen LogP contribution in [0.15, 0.2) is 0 Å². The first-order valence-electron chi connectivity index (χ1n) is 8.04. The van der Waals surface area contributed by atoms with Gasteiger partial charge in [-0.05, 0) is 38.0 Å². The summed E-state index contributed by atoms with van der Waals surface area (Å²) in [5.41, 5.74) is -0.431. The van der Waals surface area contributed by atoms with Gasteiger partial charge in [-0.2, -0.15) is 0 Å². The highest BCUT2D eigenvalue weighted by molar-refractivity contribution is 6.22. The lowest BCUT2D eigenvalue weighted by atomic mass is 9.79. The number of amides is 1. The molecule has 0 heterocycles. The highest BCUT2D eigenvalue weighted by atomic mass is 35.5. The molecule has 1 aliphatic rings. The molecule has 1 amide bonds. The van der Waals surface area contributed by atoms with Gasteiger partial charge in [-0.25, -0.2) is 0 Å². The van der Waals surface area contributed by atoms with Crippen molar-refractivity contribution in [1.82, 2.24) is 5.32 Å². The van der Waals surface area contributed by atoms with E-state index in [1.807, 2.05) is 6.92 Å². The molecular weight excluding hydrogens is 293 g/mol. The zero-order chi connectivity index (χ0) is 15.0. The quantitative estimate of drug-likeness (QED) is 0.643. The first-order chi connectivity index (χ1) is 9.60. The van der Waals surface area contributed by atoms with Crippen LogP contribution in [0.2, 0.25) is 0 Å². The molecule has 0 aromatic rings. The molecule has 4 heteroatoms. The highest BCUT2D eigenvalue weighted by Gasteiger charge is 2.33. The van der Waals surface area contributed by atoms with Gasteiger partial charge in [0.25, 0.3) is 0 Å². The summed E-state index contributed by atoms with van der Waals surface area (Å²) in [7, 11) is 0. The third kappa shape index (κ3) is 5.11. The first kappa shape index (κ1) is 18.1. The van der Waals surface area contributed by atoms with Gasteiger partial charge in [0.15, 0.2) is 0 Å². The van der Waals surface area contributed by atoms with Gasteiger partial charge in [0, 0.05) is 17.7 Å². The van der Waals surface area contributed by atoms with Crippen molar-refractivity contribution in [2.24, 2.45) is 11.8 Å². The molecule has 0 atom stereocenters. The highest BCUT2D eigenvalue weighted by Crippen LogP contribution is 2.32. The average molecular weight is 322 g/mol. The number of hydrogen-bond acceptors (Lipinski definition) is 1. The lowest BCUT2D eigenvalue weighted by Gasteiger charge is -2.34. The van der Waals surface area contributed by atoms with Crippen LogP contribution in [0.4, 0.5) is 0 Å². The first-order valence-corrected chi connectivity index (χ1v) is 9.11. The number of alkyl halides is 2. The van der Waals surface area contributed by atoms with Crippen molar-refractivity contribution in [1.29, 1.82) is 0 Å². The summed E-state index contributed by atoms with van der Waals surface area (Å²) in [6, 6.07) is 0. The van der Waals surface area contributed by atoms with E-state index in [0.717, 1.165) is 25.2 Å². The fourth-order valence-electron chi connectivity index (χ4n) is 2.95. The number of carbonyl (C=O) groups excluding carboxylic acids is 1. The monoisotopic (exact) mass is 321 g/mol. The Labute approximate surface area is 134 Å². The van der Waals surface area contributed by atoms with Crippen molar-refractivity contribution < 1.29 is 4.79 Å². The molecule has 0 bridgehead atoms. The van der Waals surface area contributed by atoms with E-state index in [9.17, 15) is 4.79 Å². The Bertz CT molecular complexity index is 276. The molecule has 1 aliphatic carbocycles. The summed E-state index contributed by atoms with van der Waals surface area (Å²) in [6.07, 6.45) is 9.11. The Kier molecular flexibility index (Phi) is 8.28. The summed E-state index contributed by atoms with van der Waals surface area (Å²) >= 11 is 12.0. The Morgan fingerprint density at radius 3 is 2.20 bits per heavy atom. The second-order valence-electron chi connectivity index (χ2n) is 6.25. The van der Waals surface area contributed by atoms with Crippen LogP contribution in [0, 0.1) is 11.8 Å². The van der Waals surface area contributed by atoms with Gasteiger partial charge >= 0.3 is 0 Å². The number of carbonyl (C=O) groups is 1. The fraction of sp³-hybridized carbons (Fsp3) is 0.938. The molecule has 2 nitrogen and oxygen atoms in total. The predicted molar refractivity (Wildman–Crippen MR) is 87.6 cm³/mol. The summed E-state index contributed by atoms with van der Waals surface area (Å²) in [5.74, 6) is 1.90. The number of rotatable bonds is 8. The van der Waals surface area contributed by atoms with Gasteiger partial charge in [0.05, 0.1) is 5.54 Å². The predicted octanol–water partition coefficient (Wildman–Crippen LogP) is 4.73. The van der Waals surface area contributed by atoms with Crippen molar-refractivity contribution in [3.05, 3.63) is 0 Å². The van der Waals surface area contributed by atoms with E-state index in [4.69, 9.17) is 23.2 Å². The van der Waals surface area contributed by atoms with Crippen molar-refractivity contribution >= 4 is 29.1 Å². The van der Waals surface area contributed by atoms with Crippen LogP contribution in [-0.4, -0.2) is 23.2 Å². The maximum atomic E-state index is 12.4. The third-order valence-electron chi connectivity index (χ3n) is 4.76. The van der Waals surface area contributed by atoms with E-state index in [0.29, 0.717) is 11.8 Å². The van der Waals surface area contributed by atoms with Crippen LogP contribution >= 0.6 is 23.2 Å². The number of nitrogens with one attached hydrogen (secondary N) is 1. The van der Waals surface area contributed by atoms with Crippen molar-refractivity contribution in [3.8, 4) is 0 Å². The molecule has 0 radical (unpaired) electrons. The van der Waals surface area contributed by atoms with Crippen LogP contribution in [0.25, 0.3) is 0 Å². The fourth-order valence-corrected chi connectivity index (χ4v) is 3.75. The van der Waals surface area contributed by atoms with Gasteiger partial charge in [0.2, 0.25) is 5.91 Å². The summed E-state index contributed by atoms with van der Waals surface area (Å²) in [5, 5.41) is 3.10. The Morgan fingerprint density at radius 2 is 1.75 bits per heavy atom. The van der Waals surface area contributed by atoms with Crippen molar-refractivity contribution in [2.75, 3.05) is 11.8 Å².